The summed E-state index contributed by atoms with van der Waals surface area (Å²) in [5, 5.41) is 15.2. The number of benzene rings is 3. The maximum atomic E-state index is 10.6. The van der Waals surface area contributed by atoms with E-state index < -0.39 is 0 Å². The van der Waals surface area contributed by atoms with Gasteiger partial charge in [0.2, 0.25) is 0 Å². The van der Waals surface area contributed by atoms with Crippen LogP contribution < -0.4 is 5.32 Å². The highest BCUT2D eigenvalue weighted by molar-refractivity contribution is 6.07. The Morgan fingerprint density at radius 1 is 0.760 bits per heavy atom. The molecule has 0 unspecified atom stereocenters. The lowest BCUT2D eigenvalue weighted by Gasteiger charge is -2.13. The minimum atomic E-state index is -0.386. The molecular formula is C22H23N2O+. The van der Waals surface area contributed by atoms with Crippen molar-refractivity contribution in [2.24, 2.45) is 0 Å². The van der Waals surface area contributed by atoms with Gasteiger partial charge >= 0.3 is 0 Å². The summed E-state index contributed by atoms with van der Waals surface area (Å²) in [5.41, 5.74) is 3.66. The maximum absolute atomic E-state index is 10.6. The molecule has 3 N–H and O–H groups in total. The van der Waals surface area contributed by atoms with Crippen molar-refractivity contribution in [2.45, 2.75) is 19.2 Å². The van der Waals surface area contributed by atoms with Crippen LogP contribution in [0.15, 0.2) is 78.9 Å². The minimum Gasteiger partial charge on any atom is -0.385 e. The van der Waals surface area contributed by atoms with Crippen molar-refractivity contribution in [1.82, 2.24) is 4.57 Å². The third-order valence-electron chi connectivity index (χ3n) is 4.73. The Balaban J connectivity index is 1.51. The Morgan fingerprint density at radius 2 is 1.32 bits per heavy atom. The fraction of sp³-hybridized carbons (Fsp3) is 0.182. The second-order valence-corrected chi connectivity index (χ2v) is 6.51. The number of rotatable bonds is 6. The van der Waals surface area contributed by atoms with Gasteiger partial charge in [0.25, 0.3) is 0 Å². The zero-order valence-corrected chi connectivity index (χ0v) is 14.2. The van der Waals surface area contributed by atoms with Crippen LogP contribution in [0.1, 0.15) is 5.56 Å². The Morgan fingerprint density at radius 3 is 1.96 bits per heavy atom. The molecule has 1 aromatic heterocycles. The van der Waals surface area contributed by atoms with Crippen LogP contribution in [0.2, 0.25) is 0 Å². The Hall–Kier alpha value is -2.62. The van der Waals surface area contributed by atoms with Gasteiger partial charge in [0.05, 0.1) is 6.54 Å². The van der Waals surface area contributed by atoms with Crippen LogP contribution in [0.5, 0.6) is 0 Å². The van der Waals surface area contributed by atoms with Crippen LogP contribution >= 0.6 is 0 Å². The van der Waals surface area contributed by atoms with Gasteiger partial charge in [0.1, 0.15) is 19.2 Å². The Labute approximate surface area is 147 Å². The Bertz CT molecular complexity index is 922. The molecule has 0 bridgehead atoms. The van der Waals surface area contributed by atoms with Crippen LogP contribution in [0.4, 0.5) is 0 Å². The highest BCUT2D eigenvalue weighted by Crippen LogP contribution is 2.28. The highest BCUT2D eigenvalue weighted by Gasteiger charge is 2.14. The van der Waals surface area contributed by atoms with E-state index in [-0.39, 0.29) is 6.10 Å². The van der Waals surface area contributed by atoms with Crippen molar-refractivity contribution in [1.29, 1.82) is 0 Å². The van der Waals surface area contributed by atoms with E-state index in [0.717, 1.165) is 6.54 Å². The van der Waals surface area contributed by atoms with Gasteiger partial charge < -0.3 is 15.0 Å². The molecule has 0 aliphatic carbocycles. The molecule has 0 aliphatic heterocycles. The van der Waals surface area contributed by atoms with Gasteiger partial charge in [-0.1, -0.05) is 66.7 Å². The SMILES string of the molecule is O[C@@H](C[NH2+]Cc1ccccc1)Cn1c2ccccc2c2ccccc21. The summed E-state index contributed by atoms with van der Waals surface area (Å²) in [7, 11) is 0. The minimum absolute atomic E-state index is 0.386. The molecule has 0 saturated heterocycles. The summed E-state index contributed by atoms with van der Waals surface area (Å²) >= 11 is 0. The van der Waals surface area contributed by atoms with E-state index in [2.05, 4.69) is 82.7 Å². The number of hydrogen-bond acceptors (Lipinski definition) is 1. The molecule has 1 heterocycles. The van der Waals surface area contributed by atoms with E-state index >= 15 is 0 Å². The number of aromatic nitrogens is 1. The van der Waals surface area contributed by atoms with E-state index in [1.54, 1.807) is 0 Å². The molecule has 25 heavy (non-hydrogen) atoms. The Kier molecular flexibility index (Phi) is 4.51. The number of hydrogen-bond donors (Lipinski definition) is 2. The first-order valence-electron chi connectivity index (χ1n) is 8.82. The van der Waals surface area contributed by atoms with Gasteiger partial charge in [-0.05, 0) is 12.1 Å². The second kappa shape index (κ2) is 7.09. The van der Waals surface area contributed by atoms with Gasteiger partial charge in [-0.2, -0.15) is 0 Å². The number of aliphatic hydroxyl groups excluding tert-OH is 1. The van der Waals surface area contributed by atoms with Gasteiger partial charge in [0.15, 0.2) is 0 Å². The fourth-order valence-corrected chi connectivity index (χ4v) is 3.54. The molecule has 3 nitrogen and oxygen atoms in total. The summed E-state index contributed by atoms with van der Waals surface area (Å²) in [6, 6.07) is 27.2. The zero-order chi connectivity index (χ0) is 17.1. The molecular weight excluding hydrogens is 308 g/mol. The van der Waals surface area contributed by atoms with Crippen LogP contribution in [-0.4, -0.2) is 22.3 Å². The van der Waals surface area contributed by atoms with Gasteiger partial charge in [-0.25, -0.2) is 0 Å². The zero-order valence-electron chi connectivity index (χ0n) is 14.2. The van der Waals surface area contributed by atoms with Crippen molar-refractivity contribution < 1.29 is 10.4 Å². The molecule has 3 heteroatoms. The molecule has 4 rings (SSSR count). The van der Waals surface area contributed by atoms with Crippen molar-refractivity contribution >= 4 is 21.8 Å². The molecule has 0 fully saturated rings. The smallest absolute Gasteiger partial charge is 0.121 e. The molecule has 0 spiro atoms. The summed E-state index contributed by atoms with van der Waals surface area (Å²) in [6.07, 6.45) is -0.386. The van der Waals surface area contributed by atoms with E-state index in [9.17, 15) is 5.11 Å². The van der Waals surface area contributed by atoms with Crippen LogP contribution in [0.3, 0.4) is 0 Å². The highest BCUT2D eigenvalue weighted by atomic mass is 16.3. The normalized spacial score (nSPS) is 12.7. The van der Waals surface area contributed by atoms with Gasteiger partial charge in [-0.15, -0.1) is 0 Å². The van der Waals surface area contributed by atoms with E-state index in [1.165, 1.54) is 27.4 Å². The summed E-state index contributed by atoms with van der Waals surface area (Å²) in [4.78, 5) is 0. The number of nitrogens with zero attached hydrogens (tertiary/aromatic N) is 1. The monoisotopic (exact) mass is 331 g/mol. The summed E-state index contributed by atoms with van der Waals surface area (Å²) in [5.74, 6) is 0. The molecule has 1 atom stereocenters. The van der Waals surface area contributed by atoms with Crippen molar-refractivity contribution in [3.05, 3.63) is 84.4 Å². The lowest BCUT2D eigenvalue weighted by atomic mass is 10.2. The fourth-order valence-electron chi connectivity index (χ4n) is 3.54. The molecule has 0 saturated carbocycles. The van der Waals surface area contributed by atoms with Crippen molar-refractivity contribution in [3.63, 3.8) is 0 Å². The first-order valence-corrected chi connectivity index (χ1v) is 8.82. The molecule has 4 aromatic rings. The van der Waals surface area contributed by atoms with E-state index in [4.69, 9.17) is 0 Å². The summed E-state index contributed by atoms with van der Waals surface area (Å²) < 4.78 is 2.24. The second-order valence-electron chi connectivity index (χ2n) is 6.51. The topological polar surface area (TPSA) is 41.8 Å². The molecule has 0 aliphatic rings. The number of para-hydroxylation sites is 2. The quantitative estimate of drug-likeness (QED) is 0.560. The lowest BCUT2D eigenvalue weighted by Crippen LogP contribution is -2.85. The number of nitrogens with two attached hydrogens (primary N) is 1. The maximum Gasteiger partial charge on any atom is 0.121 e. The third-order valence-corrected chi connectivity index (χ3v) is 4.73. The molecule has 0 radical (unpaired) electrons. The first-order chi connectivity index (χ1) is 12.3. The molecule has 126 valence electrons. The predicted molar refractivity (Wildman–Crippen MR) is 102 cm³/mol. The number of aliphatic hydroxyl groups is 1. The number of quaternary nitrogens is 1. The van der Waals surface area contributed by atoms with Gasteiger partial charge in [-0.3, -0.25) is 0 Å². The standard InChI is InChI=1S/C22H22N2O/c25-18(15-23-14-17-8-2-1-3-9-17)16-24-21-12-6-4-10-19(21)20-11-5-7-13-22(20)24/h1-13,18,23,25H,14-16H2/p+1/t18-/m0/s1. The summed E-state index contributed by atoms with van der Waals surface area (Å²) in [6.45, 7) is 2.19. The van der Waals surface area contributed by atoms with Gasteiger partial charge in [0, 0.05) is 27.4 Å². The number of fused-ring (bicyclic) bond motifs is 3. The third kappa shape index (κ3) is 3.29. The average Bonchev–Trinajstić information content (AvgIpc) is 2.97. The molecule has 3 aromatic carbocycles. The van der Waals surface area contributed by atoms with E-state index in [0.29, 0.717) is 13.1 Å². The lowest BCUT2D eigenvalue weighted by molar-refractivity contribution is -0.676. The predicted octanol–water partition coefficient (Wildman–Crippen LogP) is 2.92. The average molecular weight is 331 g/mol. The van der Waals surface area contributed by atoms with E-state index in [1.807, 2.05) is 6.07 Å². The largest absolute Gasteiger partial charge is 0.385 e. The van der Waals surface area contributed by atoms with Crippen molar-refractivity contribution in [3.8, 4) is 0 Å². The van der Waals surface area contributed by atoms with Crippen LogP contribution in [-0.2, 0) is 13.1 Å². The van der Waals surface area contributed by atoms with Crippen LogP contribution in [0.25, 0.3) is 21.8 Å². The first kappa shape index (κ1) is 15.9. The van der Waals surface area contributed by atoms with Crippen molar-refractivity contribution in [2.75, 3.05) is 6.54 Å². The van der Waals surface area contributed by atoms with Crippen LogP contribution in [0, 0.1) is 0 Å². The molecule has 0 amide bonds.